The minimum absolute atomic E-state index is 0.0322. The number of nitrogens with one attached hydrogen (secondary N) is 1. The molecule has 3 aromatic rings. The van der Waals surface area contributed by atoms with Crippen LogP contribution in [0.4, 0.5) is 29.2 Å². The fourth-order valence-electron chi connectivity index (χ4n) is 5.03. The second kappa shape index (κ2) is 9.72. The number of nitrogens with zero attached hydrogens (tertiary/aromatic N) is 5. The number of fused-ring (bicyclic) bond motifs is 1. The maximum atomic E-state index is 14.4. The molecule has 1 saturated heterocycles. The van der Waals surface area contributed by atoms with E-state index in [0.29, 0.717) is 51.3 Å². The van der Waals surface area contributed by atoms with Crippen molar-refractivity contribution in [1.29, 1.82) is 0 Å². The van der Waals surface area contributed by atoms with Crippen molar-refractivity contribution < 1.29 is 27.4 Å². The lowest BCUT2D eigenvalue weighted by atomic mass is 9.93. The van der Waals surface area contributed by atoms with Gasteiger partial charge < -0.3 is 20.1 Å². The summed E-state index contributed by atoms with van der Waals surface area (Å²) in [5.74, 6) is -0.576. The normalized spacial score (nSPS) is 22.8. The van der Waals surface area contributed by atoms with E-state index in [1.807, 2.05) is 17.7 Å². The molecule has 4 heterocycles. The van der Waals surface area contributed by atoms with Crippen molar-refractivity contribution in [3.8, 4) is 5.88 Å². The van der Waals surface area contributed by atoms with Crippen molar-refractivity contribution >= 4 is 22.5 Å². The van der Waals surface area contributed by atoms with E-state index in [1.165, 1.54) is 0 Å². The summed E-state index contributed by atoms with van der Waals surface area (Å²) >= 11 is 0. The molecule has 2 aliphatic rings. The van der Waals surface area contributed by atoms with Crippen LogP contribution in [0.25, 0.3) is 10.9 Å². The van der Waals surface area contributed by atoms with Crippen LogP contribution in [-0.4, -0.2) is 56.7 Å². The average molecular weight is 509 g/mol. The lowest BCUT2D eigenvalue weighted by molar-refractivity contribution is -0.140. The first-order valence-electron chi connectivity index (χ1n) is 12.2. The van der Waals surface area contributed by atoms with Crippen LogP contribution in [-0.2, 0) is 6.18 Å². The van der Waals surface area contributed by atoms with Crippen LogP contribution in [0, 0.1) is 5.82 Å². The Morgan fingerprint density at radius 1 is 1.17 bits per heavy atom. The monoisotopic (exact) mass is 508 g/mol. The smallest absolute Gasteiger partial charge is 0.419 e. The molecule has 0 spiro atoms. The fourth-order valence-corrected chi connectivity index (χ4v) is 5.03. The average Bonchev–Trinajstić information content (AvgIpc) is 3.44. The van der Waals surface area contributed by atoms with Gasteiger partial charge in [0, 0.05) is 38.1 Å². The molecular weight excluding hydrogens is 480 g/mol. The van der Waals surface area contributed by atoms with E-state index in [4.69, 9.17) is 9.84 Å². The molecular formula is C24H28F4N6O2. The summed E-state index contributed by atoms with van der Waals surface area (Å²) in [7, 11) is 0. The number of alkyl halides is 3. The zero-order chi connectivity index (χ0) is 25.4. The molecule has 1 saturated carbocycles. The molecule has 0 bridgehead atoms. The molecule has 12 heteroatoms. The molecule has 0 amide bonds. The molecule has 1 aliphatic carbocycles. The van der Waals surface area contributed by atoms with Crippen molar-refractivity contribution in [2.75, 3.05) is 29.9 Å². The molecule has 1 atom stereocenters. The highest BCUT2D eigenvalue weighted by Crippen LogP contribution is 2.38. The number of halogens is 4. The predicted molar refractivity (Wildman–Crippen MR) is 126 cm³/mol. The van der Waals surface area contributed by atoms with Gasteiger partial charge in [-0.05, 0) is 45.1 Å². The molecule has 0 radical (unpaired) electrons. The molecule has 0 aromatic carbocycles. The maximum Gasteiger partial charge on any atom is 0.419 e. The van der Waals surface area contributed by atoms with E-state index >= 15 is 0 Å². The molecule has 8 nitrogen and oxygen atoms in total. The number of ether oxygens (including phenoxy) is 1. The van der Waals surface area contributed by atoms with Gasteiger partial charge in [-0.2, -0.15) is 18.3 Å². The third kappa shape index (κ3) is 4.78. The highest BCUT2D eigenvalue weighted by atomic mass is 19.4. The molecule has 5 rings (SSSR count). The summed E-state index contributed by atoms with van der Waals surface area (Å²) in [5, 5.41) is 19.1. The molecule has 3 aromatic heterocycles. The SMILES string of the molecule is CCNc1cc2c(cn1)c(N1CC[C@H](O)C1)nn2[C@H]1CC[C@@H](Oc2nccc(C(F)(F)F)c2F)CC1. The second-order valence-electron chi connectivity index (χ2n) is 9.30. The number of β-amino-alcohol motifs (C(OH)–C–C–N with tert-alkyl or cyclic N) is 1. The predicted octanol–water partition coefficient (Wildman–Crippen LogP) is 4.55. The number of aliphatic hydroxyl groups excluding tert-OH is 1. The standard InChI is InChI=1S/C24H28F4N6O2/c1-2-29-20-11-19-17(12-31-20)22(33-10-8-15(35)13-33)32-34(19)14-3-5-16(6-4-14)36-23-21(25)18(7-9-30-23)24(26,27)28/h7,9,11-12,14-16,35H,2-6,8,10,13H2,1H3,(H,29,31)/t14-,15-,16+/m0/s1. The highest BCUT2D eigenvalue weighted by Gasteiger charge is 2.37. The van der Waals surface area contributed by atoms with Crippen molar-refractivity contribution in [1.82, 2.24) is 19.7 Å². The van der Waals surface area contributed by atoms with Crippen LogP contribution in [0.5, 0.6) is 5.88 Å². The minimum Gasteiger partial charge on any atom is -0.472 e. The third-order valence-electron chi connectivity index (χ3n) is 6.82. The molecule has 0 unspecified atom stereocenters. The summed E-state index contributed by atoms with van der Waals surface area (Å²) in [6, 6.07) is 2.60. The molecule has 36 heavy (non-hydrogen) atoms. The topological polar surface area (TPSA) is 88.3 Å². The number of anilines is 2. The van der Waals surface area contributed by atoms with Gasteiger partial charge >= 0.3 is 6.18 Å². The largest absolute Gasteiger partial charge is 0.472 e. The Labute approximate surface area is 205 Å². The Balaban J connectivity index is 1.35. The third-order valence-corrected chi connectivity index (χ3v) is 6.82. The van der Waals surface area contributed by atoms with Crippen molar-refractivity contribution in [2.45, 2.75) is 63.5 Å². The lowest BCUT2D eigenvalue weighted by Crippen LogP contribution is -2.27. The lowest BCUT2D eigenvalue weighted by Gasteiger charge is -2.29. The van der Waals surface area contributed by atoms with E-state index < -0.39 is 35.6 Å². The summed E-state index contributed by atoms with van der Waals surface area (Å²) in [6.45, 7) is 3.93. The van der Waals surface area contributed by atoms with Gasteiger partial charge in [0.1, 0.15) is 11.9 Å². The Bertz CT molecular complexity index is 1230. The van der Waals surface area contributed by atoms with E-state index in [1.54, 1.807) is 6.20 Å². The summed E-state index contributed by atoms with van der Waals surface area (Å²) in [4.78, 5) is 10.3. The zero-order valence-electron chi connectivity index (χ0n) is 19.8. The Morgan fingerprint density at radius 2 is 1.94 bits per heavy atom. The summed E-state index contributed by atoms with van der Waals surface area (Å²) in [5.41, 5.74) is -0.457. The van der Waals surface area contributed by atoms with Crippen LogP contribution >= 0.6 is 0 Å². The number of aromatic nitrogens is 4. The van der Waals surface area contributed by atoms with Gasteiger partial charge in [-0.15, -0.1) is 0 Å². The number of pyridine rings is 2. The van der Waals surface area contributed by atoms with Crippen molar-refractivity contribution in [3.63, 3.8) is 0 Å². The van der Waals surface area contributed by atoms with Crippen LogP contribution < -0.4 is 15.0 Å². The summed E-state index contributed by atoms with van der Waals surface area (Å²) in [6.07, 6.45) is 0.0957. The van der Waals surface area contributed by atoms with E-state index in [2.05, 4.69) is 20.2 Å². The van der Waals surface area contributed by atoms with E-state index in [9.17, 15) is 22.7 Å². The van der Waals surface area contributed by atoms with Gasteiger partial charge in [0.2, 0.25) is 0 Å². The van der Waals surface area contributed by atoms with Gasteiger partial charge in [-0.1, -0.05) is 0 Å². The van der Waals surface area contributed by atoms with E-state index in [-0.39, 0.29) is 6.04 Å². The van der Waals surface area contributed by atoms with Crippen LogP contribution in [0.3, 0.4) is 0 Å². The fraction of sp³-hybridized carbons (Fsp3) is 0.542. The first kappa shape index (κ1) is 24.5. The number of hydrogen-bond donors (Lipinski definition) is 2. The van der Waals surface area contributed by atoms with E-state index in [0.717, 1.165) is 35.3 Å². The number of rotatable bonds is 6. The maximum absolute atomic E-state index is 14.4. The van der Waals surface area contributed by atoms with Gasteiger partial charge in [-0.25, -0.2) is 14.4 Å². The Kier molecular flexibility index (Phi) is 6.62. The molecule has 194 valence electrons. The van der Waals surface area contributed by atoms with Gasteiger partial charge in [0.15, 0.2) is 11.6 Å². The quantitative estimate of drug-likeness (QED) is 0.473. The Morgan fingerprint density at radius 3 is 2.61 bits per heavy atom. The van der Waals surface area contributed by atoms with Crippen molar-refractivity contribution in [3.05, 3.63) is 35.9 Å². The Hall–Kier alpha value is -3.15. The molecule has 2 N–H and O–H groups in total. The van der Waals surface area contributed by atoms with Crippen LogP contribution in [0.15, 0.2) is 24.5 Å². The highest BCUT2D eigenvalue weighted by molar-refractivity contribution is 5.91. The summed E-state index contributed by atoms with van der Waals surface area (Å²) < 4.78 is 61.0. The van der Waals surface area contributed by atoms with Crippen molar-refractivity contribution in [2.24, 2.45) is 0 Å². The minimum atomic E-state index is -4.81. The van der Waals surface area contributed by atoms with Crippen LogP contribution in [0.1, 0.15) is 50.6 Å². The van der Waals surface area contributed by atoms with Gasteiger partial charge in [0.25, 0.3) is 5.88 Å². The van der Waals surface area contributed by atoms with Gasteiger partial charge in [-0.3, -0.25) is 4.68 Å². The zero-order valence-corrected chi connectivity index (χ0v) is 19.8. The first-order chi connectivity index (χ1) is 17.2. The number of hydrogen-bond acceptors (Lipinski definition) is 7. The number of aliphatic hydroxyl groups is 1. The molecule has 1 aliphatic heterocycles. The molecule has 2 fully saturated rings. The van der Waals surface area contributed by atoms with Gasteiger partial charge in [0.05, 0.1) is 28.6 Å². The van der Waals surface area contributed by atoms with Crippen LogP contribution in [0.2, 0.25) is 0 Å². The first-order valence-corrected chi connectivity index (χ1v) is 12.2. The second-order valence-corrected chi connectivity index (χ2v) is 9.30.